The van der Waals surface area contributed by atoms with Crippen molar-refractivity contribution in [2.45, 2.75) is 13.8 Å². The molecule has 0 aliphatic carbocycles. The Balaban J connectivity index is 4.11. The van der Waals surface area contributed by atoms with E-state index in [0.717, 1.165) is 5.57 Å². The van der Waals surface area contributed by atoms with Gasteiger partial charge in [0.05, 0.1) is 0 Å². The van der Waals surface area contributed by atoms with Gasteiger partial charge in [0.25, 0.3) is 0 Å². The normalized spacial score (nSPS) is 13.6. The third-order valence-corrected chi connectivity index (χ3v) is 0.955. The van der Waals surface area contributed by atoms with Gasteiger partial charge in [0.1, 0.15) is 0 Å². The maximum absolute atomic E-state index is 6.80. The molecule has 0 spiro atoms. The Kier molecular flexibility index (Phi) is 3.44. The first-order chi connectivity index (χ1) is 4.20. The Morgan fingerprint density at radius 1 is 1.56 bits per heavy atom. The van der Waals surface area contributed by atoms with E-state index in [1.807, 2.05) is 13.8 Å². The van der Waals surface area contributed by atoms with Crippen LogP contribution in [0.1, 0.15) is 13.8 Å². The van der Waals surface area contributed by atoms with Crippen molar-refractivity contribution in [3.63, 3.8) is 0 Å². The van der Waals surface area contributed by atoms with Gasteiger partial charge in [-0.3, -0.25) is 0 Å². The summed E-state index contributed by atoms with van der Waals surface area (Å²) in [5.74, 6) is 0. The van der Waals surface area contributed by atoms with Gasteiger partial charge in [-0.05, 0) is 25.5 Å². The summed E-state index contributed by atoms with van der Waals surface area (Å²) in [6.45, 7) is 3.70. The molecule has 0 rings (SSSR count). The number of hydrogen-bond acceptors (Lipinski definition) is 2. The van der Waals surface area contributed by atoms with E-state index in [1.165, 1.54) is 6.21 Å². The lowest BCUT2D eigenvalue weighted by molar-refractivity contribution is 1.37. The molecule has 0 heterocycles. The molecule has 0 aliphatic rings. The highest BCUT2D eigenvalue weighted by molar-refractivity contribution is 5.75. The van der Waals surface area contributed by atoms with Crippen LogP contribution >= 0.6 is 0 Å². The molecule has 0 atom stereocenters. The van der Waals surface area contributed by atoms with Crippen LogP contribution in [0, 0.1) is 5.41 Å². The van der Waals surface area contributed by atoms with Gasteiger partial charge in [-0.25, -0.2) is 0 Å². The molecule has 0 fully saturated rings. The molecule has 0 radical (unpaired) electrons. The number of rotatable bonds is 2. The molecule has 0 saturated heterocycles. The molecule has 3 N–H and O–H groups in total. The molecule has 0 amide bonds. The molecular formula is C7H12N2. The lowest BCUT2D eigenvalue weighted by Gasteiger charge is -1.90. The van der Waals surface area contributed by atoms with Crippen molar-refractivity contribution in [1.29, 1.82) is 5.41 Å². The molecular weight excluding hydrogens is 112 g/mol. The van der Waals surface area contributed by atoms with E-state index in [1.54, 1.807) is 12.2 Å². The third-order valence-electron chi connectivity index (χ3n) is 0.955. The van der Waals surface area contributed by atoms with Crippen molar-refractivity contribution in [2.24, 2.45) is 5.73 Å². The molecule has 0 saturated carbocycles. The average molecular weight is 124 g/mol. The second kappa shape index (κ2) is 3.89. The molecule has 0 aliphatic heterocycles. The first kappa shape index (κ1) is 7.95. The Morgan fingerprint density at radius 2 is 2.11 bits per heavy atom. The fraction of sp³-hybridized carbons (Fsp3) is 0.286. The maximum Gasteiger partial charge on any atom is 0.0273 e. The number of allylic oxidation sites excluding steroid dienone is 3. The molecule has 2 nitrogen and oxygen atoms in total. The Morgan fingerprint density at radius 3 is 2.44 bits per heavy atom. The van der Waals surface area contributed by atoms with E-state index >= 15 is 0 Å². The Bertz CT molecular complexity index is 154. The van der Waals surface area contributed by atoms with Crippen LogP contribution in [0.4, 0.5) is 0 Å². The average Bonchev–Trinajstić information content (AvgIpc) is 1.87. The van der Waals surface area contributed by atoms with Crippen LogP contribution in [0.3, 0.4) is 0 Å². The summed E-state index contributed by atoms with van der Waals surface area (Å²) in [6, 6.07) is 0. The first-order valence-corrected chi connectivity index (χ1v) is 2.81. The van der Waals surface area contributed by atoms with Crippen LogP contribution in [0.15, 0.2) is 23.4 Å². The van der Waals surface area contributed by atoms with Crippen molar-refractivity contribution in [3.05, 3.63) is 23.4 Å². The summed E-state index contributed by atoms with van der Waals surface area (Å²) < 4.78 is 0. The molecule has 0 bridgehead atoms. The van der Waals surface area contributed by atoms with Gasteiger partial charge >= 0.3 is 0 Å². The highest BCUT2D eigenvalue weighted by Gasteiger charge is 1.81. The van der Waals surface area contributed by atoms with E-state index in [9.17, 15) is 0 Å². The topological polar surface area (TPSA) is 49.9 Å². The zero-order chi connectivity index (χ0) is 7.28. The fourth-order valence-corrected chi connectivity index (χ4v) is 0.388. The summed E-state index contributed by atoms with van der Waals surface area (Å²) in [6.07, 6.45) is 4.83. The summed E-state index contributed by atoms with van der Waals surface area (Å²) in [5, 5.41) is 6.80. The van der Waals surface area contributed by atoms with E-state index in [-0.39, 0.29) is 0 Å². The molecule has 0 aromatic rings. The van der Waals surface area contributed by atoms with Crippen LogP contribution < -0.4 is 5.73 Å². The smallest absolute Gasteiger partial charge is 0.0273 e. The van der Waals surface area contributed by atoms with Crippen LogP contribution in [0.5, 0.6) is 0 Å². The second-order valence-corrected chi connectivity index (χ2v) is 1.82. The molecule has 0 aromatic heterocycles. The van der Waals surface area contributed by atoms with Gasteiger partial charge in [0.15, 0.2) is 0 Å². The van der Waals surface area contributed by atoms with Gasteiger partial charge in [-0.1, -0.05) is 6.08 Å². The Labute approximate surface area is 55.6 Å². The predicted molar refractivity (Wildman–Crippen MR) is 40.5 cm³/mol. The van der Waals surface area contributed by atoms with Crippen molar-refractivity contribution < 1.29 is 0 Å². The lowest BCUT2D eigenvalue weighted by Crippen LogP contribution is -1.92. The second-order valence-electron chi connectivity index (χ2n) is 1.82. The number of nitrogens with one attached hydrogen (secondary N) is 1. The van der Waals surface area contributed by atoms with Crippen molar-refractivity contribution >= 4 is 6.21 Å². The number of hydrogen-bond donors (Lipinski definition) is 2. The highest BCUT2D eigenvalue weighted by atomic mass is 14.5. The van der Waals surface area contributed by atoms with Crippen molar-refractivity contribution in [3.8, 4) is 0 Å². The maximum atomic E-state index is 6.80. The van der Waals surface area contributed by atoms with Gasteiger partial charge in [-0.2, -0.15) is 0 Å². The predicted octanol–water partition coefficient (Wildman–Crippen LogP) is 1.44. The van der Waals surface area contributed by atoms with Crippen LogP contribution in [-0.2, 0) is 0 Å². The SMILES string of the molecule is C/C=C(N)\C=C(\C)C=N. The van der Waals surface area contributed by atoms with Crippen LogP contribution in [0.25, 0.3) is 0 Å². The molecule has 0 unspecified atom stereocenters. The summed E-state index contributed by atoms with van der Waals surface area (Å²) in [5.41, 5.74) is 7.00. The summed E-state index contributed by atoms with van der Waals surface area (Å²) in [7, 11) is 0. The summed E-state index contributed by atoms with van der Waals surface area (Å²) in [4.78, 5) is 0. The van der Waals surface area contributed by atoms with E-state index in [2.05, 4.69) is 0 Å². The van der Waals surface area contributed by atoms with Gasteiger partial charge in [0.2, 0.25) is 0 Å². The third kappa shape index (κ3) is 3.53. The zero-order valence-corrected chi connectivity index (χ0v) is 5.81. The van der Waals surface area contributed by atoms with Gasteiger partial charge < -0.3 is 11.1 Å². The Hall–Kier alpha value is -1.05. The highest BCUT2D eigenvalue weighted by Crippen LogP contribution is 1.91. The molecule has 2 heteroatoms. The minimum Gasteiger partial charge on any atom is -0.399 e. The van der Waals surface area contributed by atoms with E-state index in [4.69, 9.17) is 11.1 Å². The summed E-state index contributed by atoms with van der Waals surface area (Å²) >= 11 is 0. The van der Waals surface area contributed by atoms with Gasteiger partial charge in [0, 0.05) is 11.9 Å². The lowest BCUT2D eigenvalue weighted by atomic mass is 10.2. The molecule has 50 valence electrons. The van der Waals surface area contributed by atoms with Crippen LogP contribution in [-0.4, -0.2) is 6.21 Å². The largest absolute Gasteiger partial charge is 0.399 e. The minimum atomic E-state index is 0.705. The molecule has 0 aromatic carbocycles. The number of nitrogens with two attached hydrogens (primary N) is 1. The first-order valence-electron chi connectivity index (χ1n) is 2.81. The zero-order valence-electron chi connectivity index (χ0n) is 5.81. The van der Waals surface area contributed by atoms with E-state index < -0.39 is 0 Å². The van der Waals surface area contributed by atoms with Crippen molar-refractivity contribution in [2.75, 3.05) is 0 Å². The fourth-order valence-electron chi connectivity index (χ4n) is 0.388. The minimum absolute atomic E-state index is 0.705. The van der Waals surface area contributed by atoms with Crippen molar-refractivity contribution in [1.82, 2.24) is 0 Å². The van der Waals surface area contributed by atoms with Gasteiger partial charge in [-0.15, -0.1) is 0 Å². The monoisotopic (exact) mass is 124 g/mol. The standard InChI is InChI=1S/C7H12N2/c1-3-7(9)4-6(2)5-8/h3-5,8H,9H2,1-2H3/b6-4-,7-3+,8-5?. The molecule has 9 heavy (non-hydrogen) atoms. The van der Waals surface area contributed by atoms with E-state index in [0.29, 0.717) is 5.70 Å². The quantitative estimate of drug-likeness (QED) is 0.424. The van der Waals surface area contributed by atoms with Crippen LogP contribution in [0.2, 0.25) is 0 Å².